The van der Waals surface area contributed by atoms with Gasteiger partial charge in [-0.3, -0.25) is 9.59 Å². The summed E-state index contributed by atoms with van der Waals surface area (Å²) in [5, 5.41) is 11.7. The molecule has 0 aromatic heterocycles. The van der Waals surface area contributed by atoms with E-state index in [4.69, 9.17) is 9.47 Å². The Morgan fingerprint density at radius 1 is 0.947 bits per heavy atom. The molecule has 1 heterocycles. The van der Waals surface area contributed by atoms with Gasteiger partial charge in [0.1, 0.15) is 17.3 Å². The average molecular weight is 514 g/mol. The van der Waals surface area contributed by atoms with Crippen LogP contribution in [-0.2, 0) is 21.4 Å². The first-order chi connectivity index (χ1) is 18.1. The minimum Gasteiger partial charge on any atom is -0.507 e. The number of hydrogen-bond donors (Lipinski definition) is 1. The van der Waals surface area contributed by atoms with Crippen molar-refractivity contribution in [2.45, 2.75) is 45.6 Å². The number of aliphatic hydroxyl groups excluding tert-OH is 1. The lowest BCUT2D eigenvalue weighted by Gasteiger charge is -2.27. The van der Waals surface area contributed by atoms with Crippen LogP contribution in [0.4, 0.5) is 0 Å². The minimum absolute atomic E-state index is 0.0726. The Morgan fingerprint density at radius 2 is 1.63 bits per heavy atom. The van der Waals surface area contributed by atoms with Crippen LogP contribution >= 0.6 is 0 Å². The number of aliphatic hydroxyl groups is 1. The van der Waals surface area contributed by atoms with E-state index in [-0.39, 0.29) is 23.3 Å². The lowest BCUT2D eigenvalue weighted by molar-refractivity contribution is -0.139. The molecule has 1 aliphatic heterocycles. The molecule has 3 aromatic carbocycles. The Kier molecular flexibility index (Phi) is 7.63. The number of hydrogen-bond acceptors (Lipinski definition) is 5. The zero-order chi connectivity index (χ0) is 27.6. The molecule has 0 aliphatic carbocycles. The van der Waals surface area contributed by atoms with Gasteiger partial charge in [0.25, 0.3) is 11.7 Å². The second-order valence-electron chi connectivity index (χ2n) is 10.6. The molecule has 6 nitrogen and oxygen atoms in total. The van der Waals surface area contributed by atoms with Crippen LogP contribution in [-0.4, -0.2) is 42.5 Å². The van der Waals surface area contributed by atoms with Gasteiger partial charge in [-0.2, -0.15) is 0 Å². The maximum Gasteiger partial charge on any atom is 0.295 e. The molecule has 1 atom stereocenters. The van der Waals surface area contributed by atoms with E-state index in [9.17, 15) is 14.7 Å². The number of rotatable bonds is 7. The normalized spacial score (nSPS) is 17.1. The Hall–Kier alpha value is -4.06. The van der Waals surface area contributed by atoms with Crippen molar-refractivity contribution in [2.75, 3.05) is 20.8 Å². The number of ether oxygens (including phenoxy) is 2. The Labute approximate surface area is 224 Å². The van der Waals surface area contributed by atoms with E-state index in [1.807, 2.05) is 67.6 Å². The van der Waals surface area contributed by atoms with E-state index in [2.05, 4.69) is 20.8 Å². The molecule has 1 fully saturated rings. The molecular formula is C32H35NO5. The topological polar surface area (TPSA) is 76.1 Å². The van der Waals surface area contributed by atoms with E-state index in [1.165, 1.54) is 0 Å². The van der Waals surface area contributed by atoms with Gasteiger partial charge in [0, 0.05) is 17.7 Å². The van der Waals surface area contributed by atoms with Crippen LogP contribution in [0.15, 0.2) is 72.3 Å². The Balaban J connectivity index is 1.84. The maximum absolute atomic E-state index is 13.5. The molecule has 1 saturated heterocycles. The van der Waals surface area contributed by atoms with Gasteiger partial charge in [-0.15, -0.1) is 0 Å². The van der Waals surface area contributed by atoms with Gasteiger partial charge in [-0.25, -0.2) is 0 Å². The van der Waals surface area contributed by atoms with Crippen molar-refractivity contribution < 1.29 is 24.2 Å². The van der Waals surface area contributed by atoms with Crippen molar-refractivity contribution in [3.63, 3.8) is 0 Å². The number of likely N-dealkylation sites (tertiary alicyclic amines) is 1. The molecule has 1 unspecified atom stereocenters. The standard InChI is InChI=1S/C32H35NO5/c1-20-11-14-22(32(2,3)4)19-25(20)29(34)27-28(24-9-7-8-10-26(24)38-6)33(31(36)30(27)35)18-17-21-12-15-23(37-5)16-13-21/h7-16,19,28,34H,17-18H2,1-6H3/b29-27+. The van der Waals surface area contributed by atoms with Crippen molar-refractivity contribution in [3.05, 3.63) is 100 Å². The summed E-state index contributed by atoms with van der Waals surface area (Å²) in [6.45, 7) is 8.45. The summed E-state index contributed by atoms with van der Waals surface area (Å²) in [4.78, 5) is 28.5. The van der Waals surface area contributed by atoms with Crippen molar-refractivity contribution in [2.24, 2.45) is 0 Å². The fourth-order valence-electron chi connectivity index (χ4n) is 4.86. The van der Waals surface area contributed by atoms with Crippen molar-refractivity contribution in [1.29, 1.82) is 0 Å². The summed E-state index contributed by atoms with van der Waals surface area (Å²) in [5.41, 5.74) is 3.95. The number of Topliss-reactive ketones (excluding diaryl/α,β-unsaturated/α-hetero) is 1. The first-order valence-corrected chi connectivity index (χ1v) is 12.7. The number of carbonyl (C=O) groups excluding carboxylic acids is 2. The maximum atomic E-state index is 13.5. The van der Waals surface area contributed by atoms with E-state index < -0.39 is 17.7 Å². The monoisotopic (exact) mass is 513 g/mol. The van der Waals surface area contributed by atoms with Gasteiger partial charge in [0.05, 0.1) is 25.8 Å². The van der Waals surface area contributed by atoms with Crippen LogP contribution in [0.5, 0.6) is 11.5 Å². The summed E-state index contributed by atoms with van der Waals surface area (Å²) in [7, 11) is 3.17. The highest BCUT2D eigenvalue weighted by Gasteiger charge is 2.47. The molecule has 38 heavy (non-hydrogen) atoms. The molecule has 1 amide bonds. The Bertz CT molecular complexity index is 1380. The van der Waals surface area contributed by atoms with E-state index in [0.29, 0.717) is 23.3 Å². The second kappa shape index (κ2) is 10.7. The average Bonchev–Trinajstić information content (AvgIpc) is 3.16. The molecule has 198 valence electrons. The van der Waals surface area contributed by atoms with Crippen molar-refractivity contribution >= 4 is 17.4 Å². The molecule has 3 aromatic rings. The van der Waals surface area contributed by atoms with Crippen molar-refractivity contribution in [3.8, 4) is 11.5 Å². The van der Waals surface area contributed by atoms with Crippen molar-refractivity contribution in [1.82, 2.24) is 4.90 Å². The van der Waals surface area contributed by atoms with Crippen LogP contribution in [0.2, 0.25) is 0 Å². The zero-order valence-electron chi connectivity index (χ0n) is 22.9. The third-order valence-corrected chi connectivity index (χ3v) is 7.13. The van der Waals surface area contributed by atoms with E-state index in [0.717, 1.165) is 22.4 Å². The zero-order valence-corrected chi connectivity index (χ0v) is 22.9. The van der Waals surface area contributed by atoms with Crippen LogP contribution in [0.25, 0.3) is 5.76 Å². The highest BCUT2D eigenvalue weighted by atomic mass is 16.5. The molecule has 1 N–H and O–H groups in total. The van der Waals surface area contributed by atoms with Crippen LogP contribution in [0.3, 0.4) is 0 Å². The Morgan fingerprint density at radius 3 is 2.26 bits per heavy atom. The van der Waals surface area contributed by atoms with Gasteiger partial charge < -0.3 is 19.5 Å². The molecule has 0 bridgehead atoms. The SMILES string of the molecule is COc1ccc(CCN2C(=O)C(=O)/C(=C(/O)c3cc(C(C)(C)C)ccc3C)C2c2ccccc2OC)cc1. The molecular weight excluding hydrogens is 478 g/mol. The van der Waals surface area contributed by atoms with Gasteiger partial charge in [0.15, 0.2) is 0 Å². The molecule has 0 radical (unpaired) electrons. The minimum atomic E-state index is -0.790. The van der Waals surface area contributed by atoms with Crippen LogP contribution < -0.4 is 9.47 Å². The van der Waals surface area contributed by atoms with Crippen LogP contribution in [0.1, 0.15) is 54.6 Å². The molecule has 1 aliphatic rings. The van der Waals surface area contributed by atoms with E-state index in [1.54, 1.807) is 25.2 Å². The first-order valence-electron chi connectivity index (χ1n) is 12.7. The molecule has 0 spiro atoms. The quantitative estimate of drug-likeness (QED) is 0.239. The lowest BCUT2D eigenvalue weighted by Crippen LogP contribution is -2.31. The summed E-state index contributed by atoms with van der Waals surface area (Å²) in [6.07, 6.45) is 0.529. The molecule has 0 saturated carbocycles. The predicted octanol–water partition coefficient (Wildman–Crippen LogP) is 5.97. The van der Waals surface area contributed by atoms with Crippen LogP contribution in [0, 0.1) is 6.92 Å². The van der Waals surface area contributed by atoms with Gasteiger partial charge >= 0.3 is 0 Å². The predicted molar refractivity (Wildman–Crippen MR) is 149 cm³/mol. The largest absolute Gasteiger partial charge is 0.507 e. The number of para-hydroxylation sites is 1. The summed E-state index contributed by atoms with van der Waals surface area (Å²) >= 11 is 0. The number of nitrogens with zero attached hydrogens (tertiary/aromatic N) is 1. The number of methoxy groups -OCH3 is 2. The smallest absolute Gasteiger partial charge is 0.295 e. The fraction of sp³-hybridized carbons (Fsp3) is 0.312. The number of aryl methyl sites for hydroxylation is 1. The highest BCUT2D eigenvalue weighted by molar-refractivity contribution is 6.46. The number of benzene rings is 3. The van der Waals surface area contributed by atoms with Gasteiger partial charge in [0.2, 0.25) is 0 Å². The third kappa shape index (κ3) is 5.17. The van der Waals surface area contributed by atoms with Gasteiger partial charge in [-0.1, -0.05) is 63.2 Å². The summed E-state index contributed by atoms with van der Waals surface area (Å²) in [6, 6.07) is 20.0. The van der Waals surface area contributed by atoms with E-state index >= 15 is 0 Å². The summed E-state index contributed by atoms with van der Waals surface area (Å²) < 4.78 is 10.9. The lowest BCUT2D eigenvalue weighted by atomic mass is 9.84. The third-order valence-electron chi connectivity index (χ3n) is 7.13. The first kappa shape index (κ1) is 27.0. The van der Waals surface area contributed by atoms with Gasteiger partial charge in [-0.05, 0) is 59.7 Å². The summed E-state index contributed by atoms with van der Waals surface area (Å²) in [5.74, 6) is -0.222. The fourth-order valence-corrected chi connectivity index (χ4v) is 4.86. The molecule has 6 heteroatoms. The molecule has 4 rings (SSSR count). The number of carbonyl (C=O) groups is 2. The number of amides is 1. The highest BCUT2D eigenvalue weighted by Crippen LogP contribution is 2.43. The second-order valence-corrected chi connectivity index (χ2v) is 10.6. The number of ketones is 1.